The summed E-state index contributed by atoms with van der Waals surface area (Å²) in [6.07, 6.45) is -4.58. The number of rotatable bonds is 7. The largest absolute Gasteiger partial charge is 0.455 e. The normalized spacial score (nSPS) is 27.6. The van der Waals surface area contributed by atoms with Gasteiger partial charge < -0.3 is 23.7 Å². The van der Waals surface area contributed by atoms with Gasteiger partial charge in [0.1, 0.15) is 0 Å². The Bertz CT molecular complexity index is 658. The average molecular weight is 459 g/mol. The van der Waals surface area contributed by atoms with Crippen molar-refractivity contribution >= 4 is 17.9 Å². The van der Waals surface area contributed by atoms with E-state index in [-0.39, 0.29) is 12.3 Å². The van der Waals surface area contributed by atoms with Gasteiger partial charge in [-0.3, -0.25) is 14.4 Å². The monoisotopic (exact) mass is 458 g/mol. The summed E-state index contributed by atoms with van der Waals surface area (Å²) >= 11 is 0. The van der Waals surface area contributed by atoms with E-state index in [1.807, 2.05) is 20.8 Å². The Morgan fingerprint density at radius 1 is 0.812 bits per heavy atom. The molecule has 0 spiro atoms. The van der Waals surface area contributed by atoms with E-state index in [2.05, 4.69) is 0 Å². The number of hydrogen-bond donors (Lipinski definition) is 0. The Hall–Kier alpha value is -1.67. The zero-order valence-corrected chi connectivity index (χ0v) is 21.5. The van der Waals surface area contributed by atoms with E-state index in [0.717, 1.165) is 0 Å². The Balaban J connectivity index is 3.28. The highest BCUT2D eigenvalue weighted by atomic mass is 16.7. The summed E-state index contributed by atoms with van der Waals surface area (Å²) in [6, 6.07) is 0. The van der Waals surface area contributed by atoms with Crippen molar-refractivity contribution < 1.29 is 38.1 Å². The van der Waals surface area contributed by atoms with Crippen LogP contribution < -0.4 is 0 Å². The maximum absolute atomic E-state index is 12.8. The fourth-order valence-electron chi connectivity index (χ4n) is 2.88. The van der Waals surface area contributed by atoms with E-state index in [0.29, 0.717) is 5.92 Å². The molecule has 0 aromatic carbocycles. The minimum atomic E-state index is -1.10. The van der Waals surface area contributed by atoms with Gasteiger partial charge in [-0.25, -0.2) is 0 Å². The molecule has 1 rings (SSSR count). The van der Waals surface area contributed by atoms with Crippen molar-refractivity contribution in [3.63, 3.8) is 0 Å². The zero-order chi connectivity index (χ0) is 25.0. The number of carbonyl (C=O) groups is 3. The molecule has 0 aliphatic carbocycles. The molecule has 0 bridgehead atoms. The molecule has 1 aliphatic rings. The number of hydrogen-bond acceptors (Lipinski definition) is 8. The van der Waals surface area contributed by atoms with Gasteiger partial charge >= 0.3 is 17.9 Å². The van der Waals surface area contributed by atoms with Gasteiger partial charge in [-0.05, 0) is 60.3 Å². The smallest absolute Gasteiger partial charge is 0.311 e. The second-order valence-electron chi connectivity index (χ2n) is 11.1. The van der Waals surface area contributed by atoms with Crippen LogP contribution in [0.3, 0.4) is 0 Å². The van der Waals surface area contributed by atoms with Crippen LogP contribution in [0.2, 0.25) is 0 Å². The van der Waals surface area contributed by atoms with Crippen LogP contribution in [0.1, 0.15) is 75.7 Å². The third-order valence-electron chi connectivity index (χ3n) is 5.56. The summed E-state index contributed by atoms with van der Waals surface area (Å²) in [5.74, 6) is -1.05. The van der Waals surface area contributed by atoms with Crippen LogP contribution in [0.15, 0.2) is 0 Å². The van der Waals surface area contributed by atoms with Gasteiger partial charge in [0.15, 0.2) is 24.6 Å². The Morgan fingerprint density at radius 2 is 1.28 bits per heavy atom. The third-order valence-corrected chi connectivity index (χ3v) is 5.56. The molecule has 1 saturated heterocycles. The molecule has 6 atom stereocenters. The van der Waals surface area contributed by atoms with E-state index in [4.69, 9.17) is 23.7 Å². The quantitative estimate of drug-likeness (QED) is 0.419. The molecule has 1 heterocycles. The lowest BCUT2D eigenvalue weighted by atomic mass is 9.93. The van der Waals surface area contributed by atoms with Crippen molar-refractivity contribution in [2.45, 2.75) is 106 Å². The fraction of sp³-hybridized carbons (Fsp3) is 0.875. The molecular weight excluding hydrogens is 416 g/mol. The SMILES string of the molecule is CO[C@H]1O[C@H](C)[C@@H](OC(=O)C[C@@H](C)C(C)C)[C@H](OC(=O)C(C)(C)C)[C@H]1OC(=O)C(C)(C)C. The van der Waals surface area contributed by atoms with Crippen LogP contribution in [-0.2, 0) is 38.1 Å². The Morgan fingerprint density at radius 3 is 1.69 bits per heavy atom. The number of ether oxygens (including phenoxy) is 5. The predicted molar refractivity (Wildman–Crippen MR) is 119 cm³/mol. The highest BCUT2D eigenvalue weighted by Crippen LogP contribution is 2.32. The summed E-state index contributed by atoms with van der Waals surface area (Å²) in [5.41, 5.74) is -1.62. The molecule has 0 saturated carbocycles. The second kappa shape index (κ2) is 11.0. The van der Waals surface area contributed by atoms with Crippen molar-refractivity contribution in [1.82, 2.24) is 0 Å². The van der Waals surface area contributed by atoms with E-state index in [1.54, 1.807) is 48.5 Å². The van der Waals surface area contributed by atoms with Crippen LogP contribution >= 0.6 is 0 Å². The molecule has 0 amide bonds. The van der Waals surface area contributed by atoms with E-state index in [9.17, 15) is 14.4 Å². The molecule has 0 radical (unpaired) electrons. The van der Waals surface area contributed by atoms with Gasteiger partial charge in [0, 0.05) is 13.5 Å². The molecule has 8 heteroatoms. The van der Waals surface area contributed by atoms with Gasteiger partial charge in [0.05, 0.1) is 16.9 Å². The molecule has 0 unspecified atom stereocenters. The standard InChI is InChI=1S/C24H42O8/c1-13(2)14(3)12-16(25)30-17-15(4)29-20(28-11)19(32-22(27)24(8,9)10)18(17)31-21(26)23(5,6)7/h13-15,17-20H,12H2,1-11H3/t14-,15-,17-,18+,19-,20+/m1/s1. The fourth-order valence-corrected chi connectivity index (χ4v) is 2.88. The Labute approximate surface area is 192 Å². The molecule has 186 valence electrons. The average Bonchev–Trinajstić information content (AvgIpc) is 2.64. The lowest BCUT2D eigenvalue weighted by molar-refractivity contribution is -0.298. The van der Waals surface area contributed by atoms with Gasteiger partial charge in [0.2, 0.25) is 0 Å². The summed E-state index contributed by atoms with van der Waals surface area (Å²) in [5, 5.41) is 0. The highest BCUT2D eigenvalue weighted by Gasteiger charge is 2.52. The van der Waals surface area contributed by atoms with Crippen molar-refractivity contribution in [2.75, 3.05) is 7.11 Å². The van der Waals surface area contributed by atoms with Crippen molar-refractivity contribution in [2.24, 2.45) is 22.7 Å². The number of esters is 3. The molecular formula is C24H42O8. The van der Waals surface area contributed by atoms with Crippen molar-refractivity contribution in [1.29, 1.82) is 0 Å². The molecule has 32 heavy (non-hydrogen) atoms. The van der Waals surface area contributed by atoms with Gasteiger partial charge in [-0.15, -0.1) is 0 Å². The van der Waals surface area contributed by atoms with Crippen LogP contribution in [0.5, 0.6) is 0 Å². The zero-order valence-electron chi connectivity index (χ0n) is 21.5. The predicted octanol–water partition coefficient (Wildman–Crippen LogP) is 3.89. The first-order valence-electron chi connectivity index (χ1n) is 11.3. The third kappa shape index (κ3) is 7.73. The first kappa shape index (κ1) is 28.4. The maximum atomic E-state index is 12.8. The van der Waals surface area contributed by atoms with Gasteiger partial charge in [-0.2, -0.15) is 0 Å². The van der Waals surface area contributed by atoms with Crippen LogP contribution in [0.4, 0.5) is 0 Å². The maximum Gasteiger partial charge on any atom is 0.311 e. The number of carbonyl (C=O) groups excluding carboxylic acids is 3. The van der Waals surface area contributed by atoms with E-state index in [1.165, 1.54) is 7.11 Å². The summed E-state index contributed by atoms with van der Waals surface area (Å²) in [6.45, 7) is 18.0. The molecule has 0 N–H and O–H groups in total. The van der Waals surface area contributed by atoms with Gasteiger partial charge in [0.25, 0.3) is 0 Å². The minimum Gasteiger partial charge on any atom is -0.455 e. The highest BCUT2D eigenvalue weighted by molar-refractivity contribution is 5.77. The minimum absolute atomic E-state index is 0.110. The van der Waals surface area contributed by atoms with Gasteiger partial charge in [-0.1, -0.05) is 20.8 Å². The second-order valence-corrected chi connectivity index (χ2v) is 11.1. The van der Waals surface area contributed by atoms with Crippen molar-refractivity contribution in [3.05, 3.63) is 0 Å². The molecule has 1 fully saturated rings. The molecule has 0 aromatic rings. The van der Waals surface area contributed by atoms with Crippen LogP contribution in [0, 0.1) is 22.7 Å². The first-order chi connectivity index (χ1) is 14.5. The summed E-state index contributed by atoms with van der Waals surface area (Å²) < 4.78 is 28.5. The van der Waals surface area contributed by atoms with Crippen LogP contribution in [-0.4, -0.2) is 55.7 Å². The molecule has 0 aromatic heterocycles. The lowest BCUT2D eigenvalue weighted by Gasteiger charge is -2.44. The topological polar surface area (TPSA) is 97.4 Å². The van der Waals surface area contributed by atoms with E-state index < -0.39 is 59.4 Å². The number of methoxy groups -OCH3 is 1. The van der Waals surface area contributed by atoms with Crippen LogP contribution in [0.25, 0.3) is 0 Å². The molecule has 8 nitrogen and oxygen atoms in total. The first-order valence-corrected chi connectivity index (χ1v) is 11.3. The molecule has 1 aliphatic heterocycles. The summed E-state index contributed by atoms with van der Waals surface area (Å²) in [4.78, 5) is 38.1. The van der Waals surface area contributed by atoms with Crippen molar-refractivity contribution in [3.8, 4) is 0 Å². The lowest BCUT2D eigenvalue weighted by Crippen LogP contribution is -2.62. The van der Waals surface area contributed by atoms with E-state index >= 15 is 0 Å². The Kier molecular flexibility index (Phi) is 9.72. The summed E-state index contributed by atoms with van der Waals surface area (Å²) in [7, 11) is 1.41.